The average Bonchev–Trinajstić information content (AvgIpc) is 3.07. The van der Waals surface area contributed by atoms with Crippen molar-refractivity contribution in [3.8, 4) is 5.75 Å². The highest BCUT2D eigenvalue weighted by Crippen LogP contribution is 2.26. The molecule has 1 aromatic carbocycles. The van der Waals surface area contributed by atoms with E-state index in [4.69, 9.17) is 9.47 Å². The van der Waals surface area contributed by atoms with E-state index in [2.05, 4.69) is 4.90 Å². The Kier molecular flexibility index (Phi) is 4.03. The second-order valence-corrected chi connectivity index (χ2v) is 5.69. The second-order valence-electron chi connectivity index (χ2n) is 5.69. The van der Waals surface area contributed by atoms with Crippen molar-refractivity contribution in [3.63, 3.8) is 0 Å². The average molecular weight is 275 g/mol. The van der Waals surface area contributed by atoms with Gasteiger partial charge in [-0.3, -0.25) is 9.69 Å². The quantitative estimate of drug-likeness (QED) is 0.768. The molecule has 1 unspecified atom stereocenters. The Balaban J connectivity index is 1.60. The molecule has 2 aliphatic rings. The number of Topliss-reactive ketones (excluding diaryl/α,β-unsaturated/α-hetero) is 1. The normalized spacial score (nSPS) is 21.8. The molecular formula is C16H21NO3. The molecule has 0 N–H and O–H groups in total. The van der Waals surface area contributed by atoms with Gasteiger partial charge < -0.3 is 9.47 Å². The topological polar surface area (TPSA) is 38.8 Å². The minimum atomic E-state index is 0.206. The summed E-state index contributed by atoms with van der Waals surface area (Å²) in [6, 6.07) is 5.80. The Bertz CT molecular complexity index is 500. The molecule has 4 nitrogen and oxygen atoms in total. The standard InChI is InChI=1S/C16H21NO3/c1-19-11-12-4-6-17(9-12)10-15(18)13-2-3-16-14(8-13)5-7-20-16/h2-3,8,12H,4-7,9-11H2,1H3. The lowest BCUT2D eigenvalue weighted by Crippen LogP contribution is -2.28. The molecule has 0 aliphatic carbocycles. The van der Waals surface area contributed by atoms with Crippen LogP contribution in [0.1, 0.15) is 22.3 Å². The van der Waals surface area contributed by atoms with E-state index in [1.165, 1.54) is 0 Å². The second kappa shape index (κ2) is 5.94. The number of likely N-dealkylation sites (tertiary alicyclic amines) is 1. The first-order chi connectivity index (χ1) is 9.76. The fourth-order valence-corrected chi connectivity index (χ4v) is 3.08. The molecule has 0 radical (unpaired) electrons. The van der Waals surface area contributed by atoms with Crippen LogP contribution >= 0.6 is 0 Å². The Morgan fingerprint density at radius 1 is 1.50 bits per heavy atom. The molecule has 1 aromatic rings. The van der Waals surface area contributed by atoms with Crippen LogP contribution < -0.4 is 4.74 Å². The molecule has 0 spiro atoms. The summed E-state index contributed by atoms with van der Waals surface area (Å²) >= 11 is 0. The molecule has 1 saturated heterocycles. The monoisotopic (exact) mass is 275 g/mol. The molecule has 3 rings (SSSR count). The molecule has 1 fully saturated rings. The predicted molar refractivity (Wildman–Crippen MR) is 76.4 cm³/mol. The molecule has 1 atom stereocenters. The van der Waals surface area contributed by atoms with E-state index < -0.39 is 0 Å². The Morgan fingerprint density at radius 2 is 2.40 bits per heavy atom. The fraction of sp³-hybridized carbons (Fsp3) is 0.562. The number of ether oxygens (including phenoxy) is 2. The van der Waals surface area contributed by atoms with Gasteiger partial charge in [0.15, 0.2) is 5.78 Å². The van der Waals surface area contributed by atoms with Gasteiger partial charge in [0.05, 0.1) is 19.8 Å². The molecule has 0 amide bonds. The van der Waals surface area contributed by atoms with E-state index >= 15 is 0 Å². The van der Waals surface area contributed by atoms with E-state index in [1.54, 1.807) is 7.11 Å². The number of methoxy groups -OCH3 is 1. The van der Waals surface area contributed by atoms with Gasteiger partial charge in [0.2, 0.25) is 0 Å². The Labute approximate surface area is 119 Å². The minimum absolute atomic E-state index is 0.206. The summed E-state index contributed by atoms with van der Waals surface area (Å²) in [7, 11) is 1.74. The molecule has 4 heteroatoms. The van der Waals surface area contributed by atoms with Crippen LogP contribution in [0.3, 0.4) is 0 Å². The van der Waals surface area contributed by atoms with Crippen molar-refractivity contribution in [2.24, 2.45) is 5.92 Å². The maximum atomic E-state index is 12.4. The molecule has 0 bridgehead atoms. The predicted octanol–water partition coefficient (Wildman–Crippen LogP) is 1.77. The SMILES string of the molecule is COCC1CCN(CC(=O)c2ccc3c(c2)CCO3)C1. The van der Waals surface area contributed by atoms with Crippen molar-refractivity contribution in [1.82, 2.24) is 4.90 Å². The molecule has 108 valence electrons. The maximum absolute atomic E-state index is 12.4. The zero-order chi connectivity index (χ0) is 13.9. The van der Waals surface area contributed by atoms with Crippen molar-refractivity contribution in [3.05, 3.63) is 29.3 Å². The lowest BCUT2D eigenvalue weighted by atomic mass is 10.1. The van der Waals surface area contributed by atoms with Crippen molar-refractivity contribution in [2.45, 2.75) is 12.8 Å². The Morgan fingerprint density at radius 3 is 3.25 bits per heavy atom. The molecule has 0 aromatic heterocycles. The lowest BCUT2D eigenvalue weighted by Gasteiger charge is -2.15. The lowest BCUT2D eigenvalue weighted by molar-refractivity contribution is 0.0937. The zero-order valence-electron chi connectivity index (χ0n) is 11.9. The summed E-state index contributed by atoms with van der Waals surface area (Å²) in [5, 5.41) is 0. The van der Waals surface area contributed by atoms with Crippen LogP contribution in [-0.2, 0) is 11.2 Å². The van der Waals surface area contributed by atoms with E-state index in [9.17, 15) is 4.79 Å². The van der Waals surface area contributed by atoms with Crippen molar-refractivity contribution in [1.29, 1.82) is 0 Å². The number of carbonyl (C=O) groups is 1. The zero-order valence-corrected chi connectivity index (χ0v) is 11.9. The summed E-state index contributed by atoms with van der Waals surface area (Å²) in [6.45, 7) is 4.00. The van der Waals surface area contributed by atoms with Gasteiger partial charge in [-0.25, -0.2) is 0 Å². The fourth-order valence-electron chi connectivity index (χ4n) is 3.08. The van der Waals surface area contributed by atoms with E-state index in [1.807, 2.05) is 18.2 Å². The van der Waals surface area contributed by atoms with Gasteiger partial charge in [0, 0.05) is 25.6 Å². The molecule has 2 heterocycles. The van der Waals surface area contributed by atoms with Crippen LogP contribution in [0.4, 0.5) is 0 Å². The summed E-state index contributed by atoms with van der Waals surface area (Å²) < 4.78 is 10.7. The highest BCUT2D eigenvalue weighted by molar-refractivity contribution is 5.98. The van der Waals surface area contributed by atoms with Crippen LogP contribution in [0, 0.1) is 5.92 Å². The first-order valence-electron chi connectivity index (χ1n) is 7.26. The number of carbonyl (C=O) groups excluding carboxylic acids is 1. The third kappa shape index (κ3) is 2.86. The van der Waals surface area contributed by atoms with E-state index in [0.717, 1.165) is 56.0 Å². The number of nitrogens with zero attached hydrogens (tertiary/aromatic N) is 1. The maximum Gasteiger partial charge on any atom is 0.176 e. The molecular weight excluding hydrogens is 254 g/mol. The van der Waals surface area contributed by atoms with Gasteiger partial charge in [-0.15, -0.1) is 0 Å². The Hall–Kier alpha value is -1.39. The summed E-state index contributed by atoms with van der Waals surface area (Å²) in [6.07, 6.45) is 2.04. The summed E-state index contributed by atoms with van der Waals surface area (Å²) in [5.74, 6) is 1.71. The van der Waals surface area contributed by atoms with E-state index in [-0.39, 0.29) is 5.78 Å². The minimum Gasteiger partial charge on any atom is -0.493 e. The van der Waals surface area contributed by atoms with Crippen molar-refractivity contribution >= 4 is 5.78 Å². The van der Waals surface area contributed by atoms with Crippen LogP contribution in [0.15, 0.2) is 18.2 Å². The molecule has 2 aliphatic heterocycles. The van der Waals surface area contributed by atoms with Crippen LogP contribution in [0.2, 0.25) is 0 Å². The summed E-state index contributed by atoms with van der Waals surface area (Å²) in [4.78, 5) is 14.6. The van der Waals surface area contributed by atoms with Gasteiger partial charge in [0.25, 0.3) is 0 Å². The number of benzene rings is 1. The van der Waals surface area contributed by atoms with Crippen molar-refractivity contribution in [2.75, 3.05) is 40.0 Å². The largest absolute Gasteiger partial charge is 0.493 e. The van der Waals surface area contributed by atoms with Gasteiger partial charge >= 0.3 is 0 Å². The number of hydrogen-bond donors (Lipinski definition) is 0. The smallest absolute Gasteiger partial charge is 0.176 e. The van der Waals surface area contributed by atoms with Crippen LogP contribution in [0.5, 0.6) is 5.75 Å². The van der Waals surface area contributed by atoms with Gasteiger partial charge in [-0.1, -0.05) is 0 Å². The number of hydrogen-bond acceptors (Lipinski definition) is 4. The van der Waals surface area contributed by atoms with Crippen LogP contribution in [0.25, 0.3) is 0 Å². The third-order valence-corrected chi connectivity index (χ3v) is 4.15. The highest BCUT2D eigenvalue weighted by atomic mass is 16.5. The number of rotatable bonds is 5. The first kappa shape index (κ1) is 13.6. The van der Waals surface area contributed by atoms with Gasteiger partial charge in [0.1, 0.15) is 5.75 Å². The third-order valence-electron chi connectivity index (χ3n) is 4.15. The van der Waals surface area contributed by atoms with E-state index in [0.29, 0.717) is 12.5 Å². The van der Waals surface area contributed by atoms with Gasteiger partial charge in [-0.2, -0.15) is 0 Å². The van der Waals surface area contributed by atoms with Crippen LogP contribution in [-0.4, -0.2) is 50.6 Å². The number of ketones is 1. The first-order valence-corrected chi connectivity index (χ1v) is 7.26. The number of fused-ring (bicyclic) bond motifs is 1. The highest BCUT2D eigenvalue weighted by Gasteiger charge is 2.24. The summed E-state index contributed by atoms with van der Waals surface area (Å²) in [5.41, 5.74) is 1.97. The molecule has 0 saturated carbocycles. The van der Waals surface area contributed by atoms with Crippen molar-refractivity contribution < 1.29 is 14.3 Å². The molecule has 20 heavy (non-hydrogen) atoms. The van der Waals surface area contributed by atoms with Gasteiger partial charge in [-0.05, 0) is 42.6 Å².